The molecule has 0 amide bonds. The fraction of sp³-hybridized carbons (Fsp3) is 0.269. The highest BCUT2D eigenvalue weighted by Crippen LogP contribution is 2.21. The smallest absolute Gasteiger partial charge is 0.344 e. The van der Waals surface area contributed by atoms with Gasteiger partial charge in [0.05, 0.1) is 6.61 Å². The number of hydrogen-bond donors (Lipinski definition) is 1. The summed E-state index contributed by atoms with van der Waals surface area (Å²) in [7, 11) is 0. The van der Waals surface area contributed by atoms with Gasteiger partial charge in [0, 0.05) is 6.42 Å². The summed E-state index contributed by atoms with van der Waals surface area (Å²) in [6.07, 6.45) is 5.70. The van der Waals surface area contributed by atoms with E-state index in [1.807, 2.05) is 44.2 Å². The highest BCUT2D eigenvalue weighted by molar-refractivity contribution is 5.72. The van der Waals surface area contributed by atoms with Gasteiger partial charge in [-0.3, -0.25) is 0 Å². The molecule has 2 aromatic carbocycles. The Morgan fingerprint density at radius 2 is 1.90 bits per heavy atom. The van der Waals surface area contributed by atoms with E-state index in [0.717, 1.165) is 11.1 Å². The quantitative estimate of drug-likeness (QED) is 0.334. The number of carboxylic acid groups (broad SMARTS) is 1. The molecule has 164 valence electrons. The molecule has 0 saturated carbocycles. The normalized spacial score (nSPS) is 12.5. The first-order valence-electron chi connectivity index (χ1n) is 10.2. The van der Waals surface area contributed by atoms with Gasteiger partial charge in [-0.1, -0.05) is 43.0 Å². The van der Waals surface area contributed by atoms with Crippen molar-refractivity contribution in [3.05, 3.63) is 102 Å². The van der Waals surface area contributed by atoms with Gasteiger partial charge in [0.2, 0.25) is 0 Å². The highest BCUT2D eigenvalue weighted by Gasteiger charge is 2.21. The van der Waals surface area contributed by atoms with E-state index >= 15 is 0 Å². The monoisotopic (exact) mass is 424 g/mol. The predicted octanol–water partition coefficient (Wildman–Crippen LogP) is 6.02. The van der Waals surface area contributed by atoms with Gasteiger partial charge < -0.3 is 14.6 Å². The molecule has 1 N–H and O–H groups in total. The van der Waals surface area contributed by atoms with E-state index in [-0.39, 0.29) is 5.82 Å². The van der Waals surface area contributed by atoms with Crippen LogP contribution in [-0.4, -0.2) is 23.8 Å². The van der Waals surface area contributed by atoms with Crippen LogP contribution in [0.1, 0.15) is 30.9 Å². The molecule has 0 aliphatic heterocycles. The maximum absolute atomic E-state index is 13.0. The molecule has 0 spiro atoms. The largest absolute Gasteiger partial charge is 0.493 e. The van der Waals surface area contributed by atoms with Crippen molar-refractivity contribution in [2.24, 2.45) is 0 Å². The average Bonchev–Trinajstić information content (AvgIpc) is 2.75. The van der Waals surface area contributed by atoms with Crippen LogP contribution < -0.4 is 4.74 Å². The van der Waals surface area contributed by atoms with Crippen molar-refractivity contribution in [1.82, 2.24) is 0 Å². The van der Waals surface area contributed by atoms with Gasteiger partial charge in [-0.05, 0) is 73.7 Å². The highest BCUT2D eigenvalue weighted by atomic mass is 19.1. The average molecular weight is 425 g/mol. The van der Waals surface area contributed by atoms with E-state index in [4.69, 9.17) is 9.47 Å². The first kappa shape index (κ1) is 23.9. The molecular weight excluding hydrogens is 395 g/mol. The zero-order chi connectivity index (χ0) is 22.6. The van der Waals surface area contributed by atoms with Gasteiger partial charge >= 0.3 is 5.97 Å². The lowest BCUT2D eigenvalue weighted by Crippen LogP contribution is -2.25. The van der Waals surface area contributed by atoms with Crippen LogP contribution >= 0.6 is 0 Å². The van der Waals surface area contributed by atoms with Crippen LogP contribution in [0.5, 0.6) is 5.75 Å². The summed E-state index contributed by atoms with van der Waals surface area (Å²) in [5.74, 6) is -0.379. The Bertz CT molecular complexity index is 929. The third-order valence-electron chi connectivity index (χ3n) is 4.76. The van der Waals surface area contributed by atoms with E-state index in [1.54, 1.807) is 24.3 Å². The van der Waals surface area contributed by atoms with Gasteiger partial charge in [0.25, 0.3) is 0 Å². The predicted molar refractivity (Wildman–Crippen MR) is 121 cm³/mol. The number of carbonyl (C=O) groups is 1. The van der Waals surface area contributed by atoms with Crippen molar-refractivity contribution < 1.29 is 23.8 Å². The number of hydrogen-bond acceptors (Lipinski definition) is 3. The maximum atomic E-state index is 13.0. The molecule has 5 heteroatoms. The molecule has 0 aromatic heterocycles. The summed E-state index contributed by atoms with van der Waals surface area (Å²) >= 11 is 0. The molecule has 0 aliphatic carbocycles. The van der Waals surface area contributed by atoms with Gasteiger partial charge in [0.15, 0.2) is 6.10 Å². The fourth-order valence-corrected chi connectivity index (χ4v) is 2.93. The van der Waals surface area contributed by atoms with Crippen LogP contribution in [0, 0.1) is 12.7 Å². The van der Waals surface area contributed by atoms with Gasteiger partial charge in [0.1, 0.15) is 17.3 Å². The summed E-state index contributed by atoms with van der Waals surface area (Å²) in [4.78, 5) is 11.8. The van der Waals surface area contributed by atoms with E-state index < -0.39 is 12.1 Å². The standard InChI is InChI=1S/C26H29FO4/c1-4-5-10-24(20(3)17-18-30-23-14-12-22(27)13-15-23)31-25(26(28)29)16-11-21-9-7-6-8-19(21)2/h4-10,12-15,25H,3,11,16-18H2,1-2H3,(H,28,29)/b5-4-,24-10+. The molecule has 0 bridgehead atoms. The number of benzene rings is 2. The number of aryl methyl sites for hydroxylation is 2. The van der Waals surface area contributed by atoms with Crippen LogP contribution in [0.4, 0.5) is 4.39 Å². The molecule has 31 heavy (non-hydrogen) atoms. The van der Waals surface area contributed by atoms with E-state index in [0.29, 0.717) is 43.0 Å². The minimum Gasteiger partial charge on any atom is -0.493 e. The maximum Gasteiger partial charge on any atom is 0.344 e. The third-order valence-corrected chi connectivity index (χ3v) is 4.76. The number of allylic oxidation sites excluding steroid dienone is 4. The van der Waals surface area contributed by atoms with Gasteiger partial charge in [-0.2, -0.15) is 0 Å². The molecule has 0 radical (unpaired) electrons. The van der Waals surface area contributed by atoms with Gasteiger partial charge in [-0.15, -0.1) is 0 Å². The zero-order valence-electron chi connectivity index (χ0n) is 18.0. The van der Waals surface area contributed by atoms with Crippen molar-refractivity contribution >= 4 is 5.97 Å². The van der Waals surface area contributed by atoms with Crippen LogP contribution in [0.15, 0.2) is 84.7 Å². The minimum absolute atomic E-state index is 0.307. The lowest BCUT2D eigenvalue weighted by Gasteiger charge is -2.19. The Labute approximate surface area is 183 Å². The van der Waals surface area contributed by atoms with Crippen molar-refractivity contribution in [2.45, 2.75) is 39.2 Å². The first-order valence-corrected chi connectivity index (χ1v) is 10.2. The zero-order valence-corrected chi connectivity index (χ0v) is 18.0. The van der Waals surface area contributed by atoms with Crippen LogP contribution in [-0.2, 0) is 16.0 Å². The minimum atomic E-state index is -1.02. The number of carboxylic acids is 1. The molecule has 0 heterocycles. The molecule has 0 aliphatic rings. The van der Waals surface area contributed by atoms with Crippen molar-refractivity contribution in [1.29, 1.82) is 0 Å². The summed E-state index contributed by atoms with van der Waals surface area (Å²) < 4.78 is 24.5. The molecule has 2 aromatic rings. The summed E-state index contributed by atoms with van der Waals surface area (Å²) in [6.45, 7) is 8.21. The topological polar surface area (TPSA) is 55.8 Å². The Morgan fingerprint density at radius 1 is 1.19 bits per heavy atom. The van der Waals surface area contributed by atoms with Gasteiger partial charge in [-0.25, -0.2) is 9.18 Å². The molecule has 4 nitrogen and oxygen atoms in total. The first-order chi connectivity index (χ1) is 14.9. The van der Waals surface area contributed by atoms with Crippen LogP contribution in [0.2, 0.25) is 0 Å². The van der Waals surface area contributed by atoms with E-state index in [2.05, 4.69) is 6.58 Å². The number of aliphatic carboxylic acids is 1. The second-order valence-electron chi connectivity index (χ2n) is 7.12. The molecule has 2 rings (SSSR count). The second-order valence-corrected chi connectivity index (χ2v) is 7.12. The SMILES string of the molecule is C=C(CCOc1ccc(F)cc1)/C(=C\C=C/C)OC(CCc1ccccc1C)C(=O)O. The van der Waals surface area contributed by atoms with Crippen LogP contribution in [0.25, 0.3) is 0 Å². The molecule has 1 atom stereocenters. The Morgan fingerprint density at radius 3 is 2.55 bits per heavy atom. The second kappa shape index (κ2) is 12.4. The molecular formula is C26H29FO4. The summed E-state index contributed by atoms with van der Waals surface area (Å²) in [5.41, 5.74) is 2.85. The molecule has 0 fully saturated rings. The number of ether oxygens (including phenoxy) is 2. The lowest BCUT2D eigenvalue weighted by molar-refractivity contribution is -0.148. The van der Waals surface area contributed by atoms with Crippen molar-refractivity contribution in [2.75, 3.05) is 6.61 Å². The fourth-order valence-electron chi connectivity index (χ4n) is 2.93. The Hall–Kier alpha value is -3.34. The van der Waals surface area contributed by atoms with Crippen LogP contribution in [0.3, 0.4) is 0 Å². The summed E-state index contributed by atoms with van der Waals surface area (Å²) in [5, 5.41) is 9.67. The summed E-state index contributed by atoms with van der Waals surface area (Å²) in [6, 6.07) is 13.7. The lowest BCUT2D eigenvalue weighted by atomic mass is 10.0. The molecule has 1 unspecified atom stereocenters. The Balaban J connectivity index is 1.99. The van der Waals surface area contributed by atoms with Crippen molar-refractivity contribution in [3.8, 4) is 5.75 Å². The van der Waals surface area contributed by atoms with E-state index in [9.17, 15) is 14.3 Å². The number of rotatable bonds is 12. The Kier molecular flexibility index (Phi) is 9.56. The molecule has 0 saturated heterocycles. The number of halogens is 1. The van der Waals surface area contributed by atoms with E-state index in [1.165, 1.54) is 12.1 Å². The third kappa shape index (κ3) is 8.13. The van der Waals surface area contributed by atoms with Crippen molar-refractivity contribution in [3.63, 3.8) is 0 Å².